The predicted octanol–water partition coefficient (Wildman–Crippen LogP) is 2.25. The summed E-state index contributed by atoms with van der Waals surface area (Å²) in [4.78, 5) is 11.5. The monoisotopic (exact) mass is 215 g/mol. The van der Waals surface area contributed by atoms with Gasteiger partial charge in [-0.3, -0.25) is 4.79 Å². The van der Waals surface area contributed by atoms with E-state index in [1.165, 1.54) is 12.8 Å². The van der Waals surface area contributed by atoms with Crippen LogP contribution in [0.2, 0.25) is 0 Å². The van der Waals surface area contributed by atoms with Crippen molar-refractivity contribution in [1.82, 2.24) is 5.32 Å². The van der Waals surface area contributed by atoms with Crippen LogP contribution in [-0.2, 0) is 4.79 Å². The van der Waals surface area contributed by atoms with Crippen molar-refractivity contribution < 1.29 is 4.79 Å². The zero-order valence-electron chi connectivity index (χ0n) is 9.29. The molecule has 0 radical (unpaired) electrons. The first kappa shape index (κ1) is 11.9. The predicted molar refractivity (Wildman–Crippen MR) is 62.6 cm³/mol. The Morgan fingerprint density at radius 1 is 1.43 bits per heavy atom. The van der Waals surface area contributed by atoms with E-state index in [1.807, 2.05) is 6.92 Å². The Balaban J connectivity index is 2.41. The van der Waals surface area contributed by atoms with Crippen LogP contribution in [0.15, 0.2) is 0 Å². The number of hydrogen-bond acceptors (Lipinski definition) is 2. The molecule has 0 saturated heterocycles. The van der Waals surface area contributed by atoms with Crippen molar-refractivity contribution in [2.75, 3.05) is 0 Å². The largest absolute Gasteiger partial charge is 0.352 e. The zero-order chi connectivity index (χ0) is 10.7. The molecule has 0 bridgehead atoms. The Hall–Kier alpha value is -0.180. The molecule has 2 nitrogen and oxygen atoms in total. The average Bonchev–Trinajstić information content (AvgIpc) is 2.09. The summed E-state index contributed by atoms with van der Waals surface area (Å²) in [5, 5.41) is 2.88. The van der Waals surface area contributed by atoms with Gasteiger partial charge in [0, 0.05) is 6.04 Å². The number of carbonyl (C=O) groups is 1. The molecule has 0 aliphatic heterocycles. The van der Waals surface area contributed by atoms with Crippen molar-refractivity contribution in [3.8, 4) is 0 Å². The van der Waals surface area contributed by atoms with E-state index in [1.54, 1.807) is 0 Å². The third-order valence-corrected chi connectivity index (χ3v) is 3.37. The molecular formula is C11H21NOS. The van der Waals surface area contributed by atoms with Gasteiger partial charge in [0.2, 0.25) is 5.91 Å². The molecule has 1 aliphatic rings. The van der Waals surface area contributed by atoms with Crippen molar-refractivity contribution in [2.24, 2.45) is 11.8 Å². The molecular weight excluding hydrogens is 194 g/mol. The zero-order valence-corrected chi connectivity index (χ0v) is 10.2. The Morgan fingerprint density at radius 3 is 2.57 bits per heavy atom. The van der Waals surface area contributed by atoms with Gasteiger partial charge in [-0.05, 0) is 38.0 Å². The van der Waals surface area contributed by atoms with Crippen LogP contribution in [-0.4, -0.2) is 17.2 Å². The Morgan fingerprint density at radius 2 is 2.07 bits per heavy atom. The minimum atomic E-state index is -0.193. The summed E-state index contributed by atoms with van der Waals surface area (Å²) < 4.78 is 0. The maximum absolute atomic E-state index is 11.5. The number of thiol groups is 1. The summed E-state index contributed by atoms with van der Waals surface area (Å²) in [6, 6.07) is 0.369. The van der Waals surface area contributed by atoms with Crippen molar-refractivity contribution >= 4 is 18.5 Å². The molecule has 4 unspecified atom stereocenters. The quantitative estimate of drug-likeness (QED) is 0.680. The topological polar surface area (TPSA) is 29.1 Å². The molecule has 1 aliphatic carbocycles. The lowest BCUT2D eigenvalue weighted by molar-refractivity contribution is -0.121. The third kappa shape index (κ3) is 3.19. The lowest BCUT2D eigenvalue weighted by atomic mass is 9.80. The van der Waals surface area contributed by atoms with E-state index >= 15 is 0 Å². The molecule has 1 N–H and O–H groups in total. The van der Waals surface area contributed by atoms with Gasteiger partial charge in [0.25, 0.3) is 0 Å². The van der Waals surface area contributed by atoms with Crippen molar-refractivity contribution in [1.29, 1.82) is 0 Å². The minimum absolute atomic E-state index is 0.0692. The first-order valence-corrected chi connectivity index (χ1v) is 6.00. The highest BCUT2D eigenvalue weighted by molar-refractivity contribution is 7.81. The molecule has 1 fully saturated rings. The molecule has 0 aromatic heterocycles. The molecule has 3 heteroatoms. The summed E-state index contributed by atoms with van der Waals surface area (Å²) in [5.41, 5.74) is 0. The second-order valence-corrected chi connectivity index (χ2v) is 5.46. The summed E-state index contributed by atoms with van der Waals surface area (Å²) in [6.07, 6.45) is 3.58. The van der Waals surface area contributed by atoms with E-state index in [0.29, 0.717) is 12.0 Å². The second-order valence-electron chi connectivity index (χ2n) is 4.69. The van der Waals surface area contributed by atoms with Gasteiger partial charge < -0.3 is 5.32 Å². The van der Waals surface area contributed by atoms with Crippen LogP contribution in [0.1, 0.15) is 40.0 Å². The first-order valence-electron chi connectivity index (χ1n) is 5.49. The van der Waals surface area contributed by atoms with E-state index in [0.717, 1.165) is 12.3 Å². The highest BCUT2D eigenvalue weighted by atomic mass is 32.1. The van der Waals surface area contributed by atoms with Crippen molar-refractivity contribution in [3.63, 3.8) is 0 Å². The highest BCUT2D eigenvalue weighted by Gasteiger charge is 2.26. The van der Waals surface area contributed by atoms with E-state index in [4.69, 9.17) is 0 Å². The van der Waals surface area contributed by atoms with Crippen LogP contribution in [0, 0.1) is 11.8 Å². The molecule has 1 rings (SSSR count). The molecule has 0 aromatic carbocycles. The number of carbonyl (C=O) groups excluding carboxylic acids is 1. The fourth-order valence-corrected chi connectivity index (χ4v) is 2.26. The van der Waals surface area contributed by atoms with Gasteiger partial charge in [0.1, 0.15) is 0 Å². The van der Waals surface area contributed by atoms with Crippen LogP contribution < -0.4 is 5.32 Å². The summed E-state index contributed by atoms with van der Waals surface area (Å²) in [5.74, 6) is 1.49. The fourth-order valence-electron chi connectivity index (χ4n) is 2.18. The van der Waals surface area contributed by atoms with E-state index in [9.17, 15) is 4.79 Å². The van der Waals surface area contributed by atoms with E-state index in [2.05, 4.69) is 31.8 Å². The van der Waals surface area contributed by atoms with Crippen LogP contribution >= 0.6 is 12.6 Å². The summed E-state index contributed by atoms with van der Waals surface area (Å²) in [6.45, 7) is 6.33. The molecule has 0 aromatic rings. The molecule has 82 valence electrons. The number of amides is 1. The average molecular weight is 215 g/mol. The number of hydrogen-bond donors (Lipinski definition) is 2. The highest BCUT2D eigenvalue weighted by Crippen LogP contribution is 2.28. The lowest BCUT2D eigenvalue weighted by Gasteiger charge is -2.33. The smallest absolute Gasteiger partial charge is 0.232 e. The van der Waals surface area contributed by atoms with E-state index < -0.39 is 0 Å². The van der Waals surface area contributed by atoms with Gasteiger partial charge in [-0.2, -0.15) is 12.6 Å². The normalized spacial score (nSPS) is 35.0. The third-order valence-electron chi connectivity index (χ3n) is 3.14. The molecule has 1 amide bonds. The van der Waals surface area contributed by atoms with Crippen molar-refractivity contribution in [3.05, 3.63) is 0 Å². The molecule has 1 saturated carbocycles. The lowest BCUT2D eigenvalue weighted by Crippen LogP contribution is -2.44. The summed E-state index contributed by atoms with van der Waals surface area (Å²) in [7, 11) is 0. The number of nitrogens with one attached hydrogen (secondary N) is 1. The van der Waals surface area contributed by atoms with Crippen LogP contribution in [0.3, 0.4) is 0 Å². The van der Waals surface area contributed by atoms with Crippen molar-refractivity contribution in [2.45, 2.75) is 51.3 Å². The van der Waals surface area contributed by atoms with Gasteiger partial charge in [-0.25, -0.2) is 0 Å². The molecule has 0 heterocycles. The van der Waals surface area contributed by atoms with Gasteiger partial charge in [-0.15, -0.1) is 0 Å². The second kappa shape index (κ2) is 5.06. The van der Waals surface area contributed by atoms with Gasteiger partial charge in [0.05, 0.1) is 5.25 Å². The minimum Gasteiger partial charge on any atom is -0.352 e. The first-order chi connectivity index (χ1) is 6.50. The Kier molecular flexibility index (Phi) is 4.30. The SMILES string of the molecule is CC1CCC(NC(=O)C(C)S)C(C)C1. The fraction of sp³-hybridized carbons (Fsp3) is 0.909. The van der Waals surface area contributed by atoms with Gasteiger partial charge >= 0.3 is 0 Å². The Bertz CT molecular complexity index is 205. The van der Waals surface area contributed by atoms with Crippen LogP contribution in [0.4, 0.5) is 0 Å². The van der Waals surface area contributed by atoms with Gasteiger partial charge in [0.15, 0.2) is 0 Å². The molecule has 14 heavy (non-hydrogen) atoms. The van der Waals surface area contributed by atoms with Crippen LogP contribution in [0.5, 0.6) is 0 Å². The standard InChI is InChI=1S/C11H21NOS/c1-7-4-5-10(8(2)6-7)12-11(13)9(3)14/h7-10,14H,4-6H2,1-3H3,(H,12,13). The number of rotatable bonds is 2. The molecule has 4 atom stereocenters. The maximum atomic E-state index is 11.5. The van der Waals surface area contributed by atoms with Crippen LogP contribution in [0.25, 0.3) is 0 Å². The maximum Gasteiger partial charge on any atom is 0.232 e. The molecule has 0 spiro atoms. The Labute approximate surface area is 92.2 Å². The summed E-state index contributed by atoms with van der Waals surface area (Å²) >= 11 is 4.13. The van der Waals surface area contributed by atoms with Gasteiger partial charge in [-0.1, -0.05) is 13.8 Å². The van der Waals surface area contributed by atoms with E-state index in [-0.39, 0.29) is 11.2 Å².